The van der Waals surface area contributed by atoms with Gasteiger partial charge in [0.2, 0.25) is 21.8 Å². The molecule has 0 spiro atoms. The van der Waals surface area contributed by atoms with Crippen molar-refractivity contribution >= 4 is 27.5 Å². The summed E-state index contributed by atoms with van der Waals surface area (Å²) in [6, 6.07) is 19.1. The van der Waals surface area contributed by atoms with Gasteiger partial charge in [0.1, 0.15) is 6.04 Å². The van der Waals surface area contributed by atoms with Crippen LogP contribution in [0, 0.1) is 18.6 Å². The minimum atomic E-state index is -3.85. The Morgan fingerprint density at radius 2 is 1.55 bits per heavy atom. The van der Waals surface area contributed by atoms with Crippen LogP contribution >= 0.6 is 0 Å². The van der Waals surface area contributed by atoms with E-state index in [2.05, 4.69) is 5.32 Å². The van der Waals surface area contributed by atoms with E-state index in [0.29, 0.717) is 0 Å². The Labute approximate surface area is 247 Å². The molecule has 3 aromatic rings. The molecule has 0 aliphatic heterocycles. The molecule has 1 N–H and O–H groups in total. The summed E-state index contributed by atoms with van der Waals surface area (Å²) in [6.07, 6.45) is 1.26. The van der Waals surface area contributed by atoms with Crippen molar-refractivity contribution in [3.05, 3.63) is 101 Å². The molecule has 0 fully saturated rings. The summed E-state index contributed by atoms with van der Waals surface area (Å²) in [4.78, 5) is 29.0. The van der Waals surface area contributed by atoms with Gasteiger partial charge in [-0.05, 0) is 57.4 Å². The molecule has 0 aliphatic carbocycles. The monoisotopic (exact) mass is 599 g/mol. The van der Waals surface area contributed by atoms with E-state index >= 15 is 0 Å². The van der Waals surface area contributed by atoms with Gasteiger partial charge in [0.25, 0.3) is 0 Å². The number of carbonyl (C=O) groups is 2. The number of amides is 2. The molecule has 0 saturated heterocycles. The number of benzene rings is 3. The molecule has 3 rings (SSSR count). The molecule has 0 aliphatic rings. The van der Waals surface area contributed by atoms with E-state index < -0.39 is 33.2 Å². The van der Waals surface area contributed by atoms with Crippen LogP contribution in [0.25, 0.3) is 0 Å². The number of halogens is 2. The maximum absolute atomic E-state index is 13.9. The normalized spacial score (nSPS) is 12.5. The summed E-state index contributed by atoms with van der Waals surface area (Å²) in [5.41, 5.74) is 2.21. The predicted molar refractivity (Wildman–Crippen MR) is 161 cm³/mol. The third-order valence-corrected chi connectivity index (χ3v) is 7.78. The lowest BCUT2D eigenvalue weighted by Crippen LogP contribution is -2.54. The predicted octanol–water partition coefficient (Wildman–Crippen LogP) is 5.37. The van der Waals surface area contributed by atoms with Crippen LogP contribution in [0.1, 0.15) is 50.3 Å². The molecule has 0 bridgehead atoms. The highest BCUT2D eigenvalue weighted by Gasteiger charge is 2.32. The van der Waals surface area contributed by atoms with Gasteiger partial charge < -0.3 is 10.2 Å². The topological polar surface area (TPSA) is 86.8 Å². The fourth-order valence-corrected chi connectivity index (χ4v) is 5.50. The van der Waals surface area contributed by atoms with Gasteiger partial charge in [-0.2, -0.15) is 0 Å². The largest absolute Gasteiger partial charge is 0.350 e. The number of sulfonamides is 1. The Hall–Kier alpha value is -3.79. The zero-order valence-corrected chi connectivity index (χ0v) is 25.5. The molecular formula is C32H39F2N3O4S. The van der Waals surface area contributed by atoms with E-state index in [1.165, 1.54) is 6.07 Å². The van der Waals surface area contributed by atoms with Crippen LogP contribution < -0.4 is 9.62 Å². The molecule has 42 heavy (non-hydrogen) atoms. The Balaban J connectivity index is 1.90. The number of nitrogens with zero attached hydrogens (tertiary/aromatic N) is 2. The van der Waals surface area contributed by atoms with Gasteiger partial charge in [-0.15, -0.1) is 0 Å². The molecule has 226 valence electrons. The number of aryl methyl sites for hydroxylation is 1. The van der Waals surface area contributed by atoms with Crippen molar-refractivity contribution in [2.45, 2.75) is 65.1 Å². The second kappa shape index (κ2) is 13.9. The zero-order chi connectivity index (χ0) is 31.1. The number of hydrogen-bond donors (Lipinski definition) is 1. The van der Waals surface area contributed by atoms with Gasteiger partial charge in [-0.1, -0.05) is 60.2 Å². The summed E-state index contributed by atoms with van der Waals surface area (Å²) in [5.74, 6) is -2.90. The van der Waals surface area contributed by atoms with Crippen LogP contribution in [0.15, 0.2) is 72.8 Å². The first-order valence-corrected chi connectivity index (χ1v) is 15.6. The third kappa shape index (κ3) is 9.65. The standard InChI is InChI=1S/C32H39F2N3O4S/c1-23-13-15-25(16-14-23)22-36(29(31(39)35-32(2,3)4)20-24-10-7-6-8-11-24)30(38)12-9-19-37(42(5,40)41)26-17-18-27(33)28(34)21-26/h6-8,10-11,13-18,21,29H,9,12,19-20,22H2,1-5H3,(H,35,39)/t29-/m0/s1. The summed E-state index contributed by atoms with van der Waals surface area (Å²) in [6.45, 7) is 7.61. The lowest BCUT2D eigenvalue weighted by atomic mass is 10.00. The van der Waals surface area contributed by atoms with Crippen molar-refractivity contribution in [2.24, 2.45) is 0 Å². The Morgan fingerprint density at radius 1 is 0.905 bits per heavy atom. The highest BCUT2D eigenvalue weighted by atomic mass is 32.2. The molecule has 0 heterocycles. The summed E-state index contributed by atoms with van der Waals surface area (Å²) in [5, 5.41) is 3.01. The van der Waals surface area contributed by atoms with E-state index in [0.717, 1.165) is 39.4 Å². The second-order valence-corrected chi connectivity index (χ2v) is 13.4. The molecule has 0 unspecified atom stereocenters. The highest BCUT2D eigenvalue weighted by molar-refractivity contribution is 7.92. The lowest BCUT2D eigenvalue weighted by Gasteiger charge is -2.34. The molecule has 7 nitrogen and oxygen atoms in total. The van der Waals surface area contributed by atoms with Crippen molar-refractivity contribution in [2.75, 3.05) is 17.1 Å². The zero-order valence-electron chi connectivity index (χ0n) is 24.7. The highest BCUT2D eigenvalue weighted by Crippen LogP contribution is 2.22. The van der Waals surface area contributed by atoms with Crippen LogP contribution in [0.5, 0.6) is 0 Å². The third-order valence-electron chi connectivity index (χ3n) is 6.59. The summed E-state index contributed by atoms with van der Waals surface area (Å²) < 4.78 is 53.3. The lowest BCUT2D eigenvalue weighted by molar-refractivity contribution is -0.142. The number of rotatable bonds is 12. The van der Waals surface area contributed by atoms with Crippen LogP contribution in [0.2, 0.25) is 0 Å². The first-order chi connectivity index (χ1) is 19.6. The summed E-state index contributed by atoms with van der Waals surface area (Å²) in [7, 11) is -3.85. The molecule has 3 aromatic carbocycles. The number of hydrogen-bond acceptors (Lipinski definition) is 4. The van der Waals surface area contributed by atoms with E-state index in [1.807, 2.05) is 82.3 Å². The van der Waals surface area contributed by atoms with Gasteiger partial charge in [0.05, 0.1) is 11.9 Å². The van der Waals surface area contributed by atoms with E-state index in [9.17, 15) is 26.8 Å². The number of carbonyl (C=O) groups excluding carboxylic acids is 2. The van der Waals surface area contributed by atoms with Crippen molar-refractivity contribution in [3.8, 4) is 0 Å². The average molecular weight is 600 g/mol. The molecule has 0 aromatic heterocycles. The molecule has 2 amide bonds. The Morgan fingerprint density at radius 3 is 2.12 bits per heavy atom. The quantitative estimate of drug-likeness (QED) is 0.303. The fourth-order valence-electron chi connectivity index (χ4n) is 4.54. The Kier molecular flexibility index (Phi) is 10.8. The van der Waals surface area contributed by atoms with Gasteiger partial charge in [-0.25, -0.2) is 17.2 Å². The van der Waals surface area contributed by atoms with Crippen LogP contribution in [-0.2, 0) is 32.6 Å². The van der Waals surface area contributed by atoms with Crippen molar-refractivity contribution in [3.63, 3.8) is 0 Å². The van der Waals surface area contributed by atoms with E-state index in [4.69, 9.17) is 0 Å². The van der Waals surface area contributed by atoms with E-state index in [-0.39, 0.29) is 49.9 Å². The smallest absolute Gasteiger partial charge is 0.243 e. The molecule has 1 atom stereocenters. The van der Waals surface area contributed by atoms with Gasteiger partial charge in [0, 0.05) is 37.5 Å². The fraction of sp³-hybridized carbons (Fsp3) is 0.375. The van der Waals surface area contributed by atoms with Crippen LogP contribution in [0.3, 0.4) is 0 Å². The van der Waals surface area contributed by atoms with Gasteiger partial charge in [0.15, 0.2) is 11.6 Å². The maximum Gasteiger partial charge on any atom is 0.243 e. The minimum absolute atomic E-state index is 0.0353. The van der Waals surface area contributed by atoms with Gasteiger partial charge in [-0.3, -0.25) is 13.9 Å². The van der Waals surface area contributed by atoms with Crippen LogP contribution in [0.4, 0.5) is 14.5 Å². The minimum Gasteiger partial charge on any atom is -0.350 e. The van der Waals surface area contributed by atoms with E-state index in [1.54, 1.807) is 4.90 Å². The summed E-state index contributed by atoms with van der Waals surface area (Å²) >= 11 is 0. The van der Waals surface area contributed by atoms with Crippen molar-refractivity contribution in [1.82, 2.24) is 10.2 Å². The van der Waals surface area contributed by atoms with Crippen LogP contribution in [-0.4, -0.2) is 49.5 Å². The number of nitrogens with one attached hydrogen (secondary N) is 1. The van der Waals surface area contributed by atoms with Crippen molar-refractivity contribution in [1.29, 1.82) is 0 Å². The van der Waals surface area contributed by atoms with Crippen molar-refractivity contribution < 1.29 is 26.8 Å². The first kappa shape index (κ1) is 32.7. The maximum atomic E-state index is 13.9. The average Bonchev–Trinajstić information content (AvgIpc) is 2.90. The number of anilines is 1. The molecule has 10 heteroatoms. The Bertz CT molecular complexity index is 1470. The molecular weight excluding hydrogens is 560 g/mol. The SMILES string of the molecule is Cc1ccc(CN(C(=O)CCCN(c2ccc(F)c(F)c2)S(C)(=O)=O)[C@@H](Cc2ccccc2)C(=O)NC(C)(C)C)cc1. The molecule has 0 radical (unpaired) electrons. The second-order valence-electron chi connectivity index (χ2n) is 11.5. The van der Waals surface area contributed by atoms with Gasteiger partial charge >= 0.3 is 0 Å². The molecule has 0 saturated carbocycles. The first-order valence-electron chi connectivity index (χ1n) is 13.8.